The number of pyridine rings is 1. The summed E-state index contributed by atoms with van der Waals surface area (Å²) in [4.78, 5) is 11.7. The maximum absolute atomic E-state index is 11.7. The molecule has 80 valence electrons. The quantitative estimate of drug-likeness (QED) is 0.682. The Kier molecular flexibility index (Phi) is 2.96. The predicted octanol–water partition coefficient (Wildman–Crippen LogP) is 2.33. The van der Waals surface area contributed by atoms with E-state index < -0.39 is 6.09 Å². The van der Waals surface area contributed by atoms with E-state index in [-0.39, 0.29) is 0 Å². The van der Waals surface area contributed by atoms with Crippen molar-refractivity contribution in [2.75, 3.05) is 0 Å². The van der Waals surface area contributed by atoms with Gasteiger partial charge in [0.05, 0.1) is 0 Å². The first-order valence-corrected chi connectivity index (χ1v) is 5.01. The van der Waals surface area contributed by atoms with Gasteiger partial charge < -0.3 is 4.74 Å². The van der Waals surface area contributed by atoms with Crippen molar-refractivity contribution in [1.29, 1.82) is 0 Å². The number of nitrogens with zero attached hydrogens (tertiary/aromatic N) is 1. The molecule has 0 N–H and O–H groups in total. The van der Waals surface area contributed by atoms with E-state index in [0.717, 1.165) is 5.56 Å². The summed E-state index contributed by atoms with van der Waals surface area (Å²) in [5.41, 5.74) is 1.10. The molecule has 0 amide bonds. The summed E-state index contributed by atoms with van der Waals surface area (Å²) in [6.45, 7) is 1.97. The van der Waals surface area contributed by atoms with Gasteiger partial charge in [0.2, 0.25) is 0 Å². The number of benzene rings is 1. The first-order valence-electron chi connectivity index (χ1n) is 5.01. The van der Waals surface area contributed by atoms with Gasteiger partial charge in [-0.05, 0) is 24.6 Å². The second-order valence-electron chi connectivity index (χ2n) is 3.46. The van der Waals surface area contributed by atoms with Gasteiger partial charge in [-0.1, -0.05) is 22.8 Å². The summed E-state index contributed by atoms with van der Waals surface area (Å²) in [7, 11) is 0. The minimum Gasteiger partial charge on any atom is -0.372 e. The lowest BCUT2D eigenvalue weighted by Gasteiger charge is -1.98. The van der Waals surface area contributed by atoms with Crippen molar-refractivity contribution in [3.63, 3.8) is 0 Å². The van der Waals surface area contributed by atoms with Crippen molar-refractivity contribution < 1.29 is 14.1 Å². The SMILES string of the molecule is Cc1cc[n+](C(=O)Oc2ccccc2)cc1. The second-order valence-corrected chi connectivity index (χ2v) is 3.46. The highest BCUT2D eigenvalue weighted by atomic mass is 16.6. The maximum Gasteiger partial charge on any atom is 0.607 e. The first kappa shape index (κ1) is 10.4. The third kappa shape index (κ3) is 2.45. The number of ether oxygens (including phenoxy) is 1. The molecule has 3 nitrogen and oxygen atoms in total. The molecule has 2 rings (SSSR count). The molecule has 2 aromatic rings. The van der Waals surface area contributed by atoms with Gasteiger partial charge in [0.25, 0.3) is 0 Å². The third-order valence-corrected chi connectivity index (χ3v) is 2.16. The summed E-state index contributed by atoms with van der Waals surface area (Å²) in [6.07, 6.45) is 2.95. The topological polar surface area (TPSA) is 30.2 Å². The van der Waals surface area contributed by atoms with Gasteiger partial charge in [-0.2, -0.15) is 4.79 Å². The van der Waals surface area contributed by atoms with Crippen LogP contribution in [0.2, 0.25) is 0 Å². The van der Waals surface area contributed by atoms with Crippen molar-refractivity contribution in [3.8, 4) is 5.75 Å². The summed E-state index contributed by atoms with van der Waals surface area (Å²) < 4.78 is 6.57. The Hall–Kier alpha value is -2.16. The molecule has 0 unspecified atom stereocenters. The highest BCUT2D eigenvalue weighted by Gasteiger charge is 2.16. The largest absolute Gasteiger partial charge is 0.607 e. The molecule has 0 aliphatic carbocycles. The van der Waals surface area contributed by atoms with Crippen LogP contribution in [0.15, 0.2) is 54.9 Å². The van der Waals surface area contributed by atoms with E-state index in [2.05, 4.69) is 0 Å². The third-order valence-electron chi connectivity index (χ3n) is 2.16. The van der Waals surface area contributed by atoms with E-state index in [0.29, 0.717) is 5.75 Å². The Labute approximate surface area is 93.9 Å². The Balaban J connectivity index is 2.12. The molecule has 0 aliphatic rings. The fourth-order valence-corrected chi connectivity index (χ4v) is 1.26. The minimum absolute atomic E-state index is 0.411. The van der Waals surface area contributed by atoms with Crippen LogP contribution in [-0.2, 0) is 0 Å². The molecule has 1 aromatic heterocycles. The van der Waals surface area contributed by atoms with Crippen LogP contribution in [0.3, 0.4) is 0 Å². The zero-order valence-electron chi connectivity index (χ0n) is 8.96. The molecule has 0 radical (unpaired) electrons. The van der Waals surface area contributed by atoms with Crippen LogP contribution >= 0.6 is 0 Å². The average molecular weight is 214 g/mol. The van der Waals surface area contributed by atoms with Gasteiger partial charge in [-0.15, -0.1) is 0 Å². The van der Waals surface area contributed by atoms with Crippen molar-refractivity contribution in [1.82, 2.24) is 0 Å². The molecular weight excluding hydrogens is 202 g/mol. The van der Waals surface area contributed by atoms with Crippen LogP contribution < -0.4 is 9.30 Å². The van der Waals surface area contributed by atoms with Crippen LogP contribution in [0, 0.1) is 6.92 Å². The zero-order chi connectivity index (χ0) is 11.4. The lowest BCUT2D eigenvalue weighted by atomic mass is 10.3. The van der Waals surface area contributed by atoms with E-state index in [4.69, 9.17) is 4.74 Å². The Morgan fingerprint density at radius 3 is 2.31 bits per heavy atom. The summed E-state index contributed by atoms with van der Waals surface area (Å²) in [5, 5.41) is 0. The molecule has 16 heavy (non-hydrogen) atoms. The number of carbonyl (C=O) groups excluding carboxylic acids is 1. The summed E-state index contributed by atoms with van der Waals surface area (Å²) in [5.74, 6) is 0.542. The second kappa shape index (κ2) is 4.57. The number of hydrogen-bond acceptors (Lipinski definition) is 2. The van der Waals surface area contributed by atoms with Crippen molar-refractivity contribution >= 4 is 6.09 Å². The highest BCUT2D eigenvalue weighted by Crippen LogP contribution is 2.07. The molecule has 0 aliphatic heterocycles. The molecule has 0 fully saturated rings. The van der Waals surface area contributed by atoms with E-state index in [9.17, 15) is 4.79 Å². The van der Waals surface area contributed by atoms with Crippen LogP contribution in [0.25, 0.3) is 0 Å². The van der Waals surface area contributed by atoms with Crippen LogP contribution in [0.5, 0.6) is 5.75 Å². The van der Waals surface area contributed by atoms with Gasteiger partial charge in [0, 0.05) is 12.1 Å². The maximum atomic E-state index is 11.7. The highest BCUT2D eigenvalue weighted by molar-refractivity contribution is 5.60. The number of hydrogen-bond donors (Lipinski definition) is 0. The lowest BCUT2D eigenvalue weighted by molar-refractivity contribution is -0.582. The molecule has 0 saturated heterocycles. The van der Waals surface area contributed by atoms with Gasteiger partial charge in [-0.3, -0.25) is 0 Å². The van der Waals surface area contributed by atoms with E-state index in [1.807, 2.05) is 37.3 Å². The van der Waals surface area contributed by atoms with Crippen molar-refractivity contribution in [2.45, 2.75) is 6.92 Å². The number of aromatic nitrogens is 1. The molecular formula is C13H12NO2+. The summed E-state index contributed by atoms with van der Waals surface area (Å²) >= 11 is 0. The normalized spacial score (nSPS) is 9.81. The molecule has 0 atom stereocenters. The lowest BCUT2D eigenvalue weighted by Crippen LogP contribution is -2.44. The zero-order valence-corrected chi connectivity index (χ0v) is 8.96. The monoisotopic (exact) mass is 214 g/mol. The smallest absolute Gasteiger partial charge is 0.372 e. The fourth-order valence-electron chi connectivity index (χ4n) is 1.26. The summed E-state index contributed by atoms with van der Waals surface area (Å²) in [6, 6.07) is 12.7. The standard InChI is InChI=1S/C13H12NO2/c1-11-7-9-14(10-8-11)13(15)16-12-5-3-2-4-6-12/h2-10H,1H3/q+1. The molecule has 0 spiro atoms. The van der Waals surface area contributed by atoms with E-state index in [1.54, 1.807) is 24.5 Å². The average Bonchev–Trinajstić information content (AvgIpc) is 2.31. The van der Waals surface area contributed by atoms with Gasteiger partial charge in [0.1, 0.15) is 5.75 Å². The number of carbonyl (C=O) groups is 1. The predicted molar refractivity (Wildman–Crippen MR) is 59.2 cm³/mol. The van der Waals surface area contributed by atoms with Crippen LogP contribution in [0.1, 0.15) is 5.56 Å². The van der Waals surface area contributed by atoms with Gasteiger partial charge in [-0.25, -0.2) is 0 Å². The molecule has 1 heterocycles. The number of rotatable bonds is 1. The molecule has 0 saturated carbocycles. The first-order chi connectivity index (χ1) is 7.75. The Morgan fingerprint density at radius 1 is 1.06 bits per heavy atom. The van der Waals surface area contributed by atoms with Crippen molar-refractivity contribution in [2.24, 2.45) is 0 Å². The number of aryl methyl sites for hydroxylation is 1. The molecule has 1 aromatic carbocycles. The van der Waals surface area contributed by atoms with Crippen LogP contribution in [-0.4, -0.2) is 6.09 Å². The van der Waals surface area contributed by atoms with E-state index >= 15 is 0 Å². The van der Waals surface area contributed by atoms with Crippen molar-refractivity contribution in [3.05, 3.63) is 60.4 Å². The van der Waals surface area contributed by atoms with Gasteiger partial charge >= 0.3 is 6.09 Å². The fraction of sp³-hybridized carbons (Fsp3) is 0.0769. The van der Waals surface area contributed by atoms with E-state index in [1.165, 1.54) is 4.57 Å². The van der Waals surface area contributed by atoms with Gasteiger partial charge in [0.15, 0.2) is 12.4 Å². The van der Waals surface area contributed by atoms with Crippen LogP contribution in [0.4, 0.5) is 4.79 Å². The molecule has 0 bridgehead atoms. The number of para-hydroxylation sites is 1. The Bertz CT molecular complexity index is 477. The molecule has 3 heteroatoms. The Morgan fingerprint density at radius 2 is 1.69 bits per heavy atom. The minimum atomic E-state index is -0.411.